The van der Waals surface area contributed by atoms with E-state index in [1.807, 2.05) is 6.08 Å². The Labute approximate surface area is 74.4 Å². The maximum absolute atomic E-state index is 10.6. The van der Waals surface area contributed by atoms with E-state index in [2.05, 4.69) is 21.1 Å². The van der Waals surface area contributed by atoms with Gasteiger partial charge in [-0.15, -0.1) is 0 Å². The molecule has 0 unspecified atom stereocenters. The van der Waals surface area contributed by atoms with Gasteiger partial charge in [0.2, 0.25) is 5.91 Å². The molecular weight excluding hydrogens is 152 g/mol. The van der Waals surface area contributed by atoms with Gasteiger partial charge in [0.15, 0.2) is 0 Å². The van der Waals surface area contributed by atoms with Crippen molar-refractivity contribution >= 4 is 5.91 Å². The molecular formula is C9H19N2O+. The Morgan fingerprint density at radius 1 is 1.42 bits per heavy atom. The molecule has 3 nitrogen and oxygen atoms in total. The van der Waals surface area contributed by atoms with E-state index in [1.54, 1.807) is 6.92 Å². The molecule has 0 radical (unpaired) electrons. The third-order valence-corrected chi connectivity index (χ3v) is 1.64. The Kier molecular flexibility index (Phi) is 3.96. The molecule has 2 N–H and O–H groups in total. The number of quaternary nitrogens is 1. The van der Waals surface area contributed by atoms with E-state index < -0.39 is 0 Å². The van der Waals surface area contributed by atoms with E-state index in [1.165, 1.54) is 0 Å². The molecule has 12 heavy (non-hydrogen) atoms. The number of nitrogens with two attached hydrogens (primary N) is 1. The molecule has 0 spiro atoms. The lowest BCUT2D eigenvalue weighted by Crippen LogP contribution is -2.35. The fourth-order valence-electron chi connectivity index (χ4n) is 0.769. The Bertz CT molecular complexity index is 189. The quantitative estimate of drug-likeness (QED) is 0.486. The summed E-state index contributed by atoms with van der Waals surface area (Å²) < 4.78 is 0.905. The highest BCUT2D eigenvalue weighted by Crippen LogP contribution is 1.98. The normalized spacial score (nSPS) is 13.2. The molecule has 0 bridgehead atoms. The fourth-order valence-corrected chi connectivity index (χ4v) is 0.769. The molecule has 0 atom stereocenters. The van der Waals surface area contributed by atoms with Crippen molar-refractivity contribution in [3.63, 3.8) is 0 Å². The van der Waals surface area contributed by atoms with Crippen molar-refractivity contribution in [3.05, 3.63) is 11.6 Å². The second-order valence-corrected chi connectivity index (χ2v) is 4.05. The average Bonchev–Trinajstić information content (AvgIpc) is 1.84. The van der Waals surface area contributed by atoms with Crippen LogP contribution in [0.2, 0.25) is 0 Å². The highest BCUT2D eigenvalue weighted by molar-refractivity contribution is 5.91. The van der Waals surface area contributed by atoms with Gasteiger partial charge in [-0.2, -0.15) is 0 Å². The predicted molar refractivity (Wildman–Crippen MR) is 50.5 cm³/mol. The summed E-state index contributed by atoms with van der Waals surface area (Å²) in [5.74, 6) is -0.323. The first-order chi connectivity index (χ1) is 5.33. The maximum atomic E-state index is 10.6. The first kappa shape index (κ1) is 11.2. The van der Waals surface area contributed by atoms with Crippen molar-refractivity contribution in [2.45, 2.75) is 13.3 Å². The van der Waals surface area contributed by atoms with Crippen LogP contribution in [0.1, 0.15) is 13.3 Å². The van der Waals surface area contributed by atoms with Gasteiger partial charge in [-0.25, -0.2) is 0 Å². The maximum Gasteiger partial charge on any atom is 0.244 e. The summed E-state index contributed by atoms with van der Waals surface area (Å²) in [6.07, 6.45) is 2.80. The Morgan fingerprint density at radius 3 is 2.25 bits per heavy atom. The molecule has 0 aromatic carbocycles. The fraction of sp³-hybridized carbons (Fsp3) is 0.667. The Hall–Kier alpha value is -0.830. The lowest BCUT2D eigenvalue weighted by molar-refractivity contribution is -0.869. The summed E-state index contributed by atoms with van der Waals surface area (Å²) in [4.78, 5) is 10.6. The molecule has 0 heterocycles. The minimum Gasteiger partial charge on any atom is -0.366 e. The monoisotopic (exact) mass is 171 g/mol. The van der Waals surface area contributed by atoms with Gasteiger partial charge in [0.1, 0.15) is 0 Å². The van der Waals surface area contributed by atoms with Crippen LogP contribution in [0.5, 0.6) is 0 Å². The number of nitrogens with zero attached hydrogens (tertiary/aromatic N) is 1. The van der Waals surface area contributed by atoms with Crippen molar-refractivity contribution in [1.82, 2.24) is 0 Å². The third-order valence-electron chi connectivity index (χ3n) is 1.64. The van der Waals surface area contributed by atoms with Crippen LogP contribution in [-0.4, -0.2) is 38.1 Å². The topological polar surface area (TPSA) is 43.1 Å². The van der Waals surface area contributed by atoms with Gasteiger partial charge in [-0.05, 0) is 6.92 Å². The van der Waals surface area contributed by atoms with Crippen LogP contribution >= 0.6 is 0 Å². The zero-order valence-corrected chi connectivity index (χ0v) is 8.42. The summed E-state index contributed by atoms with van der Waals surface area (Å²) in [7, 11) is 6.36. The number of primary amides is 1. The molecule has 0 aliphatic rings. The first-order valence-corrected chi connectivity index (χ1v) is 4.10. The minimum absolute atomic E-state index is 0.323. The van der Waals surface area contributed by atoms with Gasteiger partial charge in [-0.3, -0.25) is 4.79 Å². The van der Waals surface area contributed by atoms with Crippen LogP contribution in [0, 0.1) is 0 Å². The van der Waals surface area contributed by atoms with Crippen molar-refractivity contribution in [3.8, 4) is 0 Å². The van der Waals surface area contributed by atoms with Crippen LogP contribution in [0.15, 0.2) is 11.6 Å². The number of hydrogen-bond acceptors (Lipinski definition) is 1. The number of carbonyl (C=O) groups excluding carboxylic acids is 1. The van der Waals surface area contributed by atoms with Crippen LogP contribution in [-0.2, 0) is 4.79 Å². The molecule has 0 saturated carbocycles. The van der Waals surface area contributed by atoms with E-state index in [0.717, 1.165) is 17.4 Å². The number of hydrogen-bond donors (Lipinski definition) is 1. The number of amides is 1. The summed E-state index contributed by atoms with van der Waals surface area (Å²) in [6, 6.07) is 0. The molecule has 0 saturated heterocycles. The van der Waals surface area contributed by atoms with Crippen LogP contribution in [0.25, 0.3) is 0 Å². The second-order valence-electron chi connectivity index (χ2n) is 4.05. The van der Waals surface area contributed by atoms with Crippen LogP contribution in [0.4, 0.5) is 0 Å². The third kappa shape index (κ3) is 5.92. The lowest BCUT2D eigenvalue weighted by Gasteiger charge is -2.22. The van der Waals surface area contributed by atoms with Crippen molar-refractivity contribution in [2.24, 2.45) is 5.73 Å². The van der Waals surface area contributed by atoms with Crippen LogP contribution < -0.4 is 5.73 Å². The summed E-state index contributed by atoms with van der Waals surface area (Å²) in [5.41, 5.74) is 5.73. The minimum atomic E-state index is -0.323. The summed E-state index contributed by atoms with van der Waals surface area (Å²) in [6.45, 7) is 2.77. The van der Waals surface area contributed by atoms with E-state index in [9.17, 15) is 4.79 Å². The van der Waals surface area contributed by atoms with Gasteiger partial charge in [0.25, 0.3) is 0 Å². The molecule has 0 aliphatic carbocycles. The van der Waals surface area contributed by atoms with Gasteiger partial charge < -0.3 is 10.2 Å². The molecule has 0 aromatic heterocycles. The highest BCUT2D eigenvalue weighted by Gasteiger charge is 2.04. The molecule has 0 rings (SSSR count). The molecule has 0 aromatic rings. The Morgan fingerprint density at radius 2 is 1.92 bits per heavy atom. The SMILES string of the molecule is CC(=CCC[N+](C)(C)C)C(N)=O. The van der Waals surface area contributed by atoms with E-state index in [-0.39, 0.29) is 5.91 Å². The molecule has 0 fully saturated rings. The van der Waals surface area contributed by atoms with Crippen molar-refractivity contribution in [1.29, 1.82) is 0 Å². The van der Waals surface area contributed by atoms with Gasteiger partial charge in [0.05, 0.1) is 27.7 Å². The molecule has 1 amide bonds. The first-order valence-electron chi connectivity index (χ1n) is 4.10. The Balaban J connectivity index is 3.83. The van der Waals surface area contributed by atoms with Gasteiger partial charge in [0, 0.05) is 12.0 Å². The van der Waals surface area contributed by atoms with E-state index in [4.69, 9.17) is 5.73 Å². The smallest absolute Gasteiger partial charge is 0.244 e. The zero-order valence-electron chi connectivity index (χ0n) is 8.42. The zero-order chi connectivity index (χ0) is 9.78. The molecule has 70 valence electrons. The van der Waals surface area contributed by atoms with Crippen molar-refractivity contribution < 1.29 is 9.28 Å². The number of carbonyl (C=O) groups is 1. The highest BCUT2D eigenvalue weighted by atomic mass is 16.1. The van der Waals surface area contributed by atoms with E-state index in [0.29, 0.717) is 5.57 Å². The molecule has 0 aliphatic heterocycles. The van der Waals surface area contributed by atoms with E-state index >= 15 is 0 Å². The molecule has 3 heteroatoms. The van der Waals surface area contributed by atoms with Gasteiger partial charge in [-0.1, -0.05) is 6.08 Å². The van der Waals surface area contributed by atoms with Crippen LogP contribution in [0.3, 0.4) is 0 Å². The second kappa shape index (κ2) is 4.26. The largest absolute Gasteiger partial charge is 0.366 e. The standard InChI is InChI=1S/C9H18N2O/c1-8(9(10)12)6-5-7-11(2,3)4/h6H,5,7H2,1-4H3,(H-,10,12)/p+1. The lowest BCUT2D eigenvalue weighted by atomic mass is 10.2. The van der Waals surface area contributed by atoms with Crippen molar-refractivity contribution in [2.75, 3.05) is 27.7 Å². The van der Waals surface area contributed by atoms with Gasteiger partial charge >= 0.3 is 0 Å². The summed E-state index contributed by atoms with van der Waals surface area (Å²) in [5, 5.41) is 0. The average molecular weight is 171 g/mol. The predicted octanol–water partition coefficient (Wildman–Crippen LogP) is 0.514. The summed E-state index contributed by atoms with van der Waals surface area (Å²) >= 11 is 0. The number of rotatable bonds is 4.